The molecule has 0 radical (unpaired) electrons. The number of ether oxygens (including phenoxy) is 1. The first kappa shape index (κ1) is 19.4. The highest BCUT2D eigenvalue weighted by Crippen LogP contribution is 2.23. The molecule has 0 saturated carbocycles. The van der Waals surface area contributed by atoms with Crippen molar-refractivity contribution in [2.45, 2.75) is 33.2 Å². The number of nitrogens with one attached hydrogen (secondary N) is 1. The van der Waals surface area contributed by atoms with E-state index in [1.807, 2.05) is 30.3 Å². The van der Waals surface area contributed by atoms with Gasteiger partial charge in [0.1, 0.15) is 5.75 Å². The average Bonchev–Trinajstić information content (AvgIpc) is 2.59. The number of aryl methyl sites for hydroxylation is 1. The molecule has 0 aliphatic rings. The van der Waals surface area contributed by atoms with Crippen LogP contribution in [0.25, 0.3) is 0 Å². The molecule has 0 spiro atoms. The van der Waals surface area contributed by atoms with Crippen LogP contribution >= 0.6 is 0 Å². The van der Waals surface area contributed by atoms with Crippen molar-refractivity contribution in [3.05, 3.63) is 69.8 Å². The van der Waals surface area contributed by atoms with Gasteiger partial charge in [0, 0.05) is 11.6 Å². The summed E-state index contributed by atoms with van der Waals surface area (Å²) in [4.78, 5) is 22.7. The van der Waals surface area contributed by atoms with Crippen LogP contribution in [0.1, 0.15) is 37.4 Å². The van der Waals surface area contributed by atoms with Gasteiger partial charge in [-0.1, -0.05) is 44.2 Å². The molecule has 26 heavy (non-hydrogen) atoms. The maximum Gasteiger partial charge on any atom is 0.272 e. The number of carbonyl (C=O) groups excluding carboxylic acids is 1. The van der Waals surface area contributed by atoms with Crippen LogP contribution in [0.4, 0.5) is 5.69 Å². The Bertz CT molecular complexity index is 760. The van der Waals surface area contributed by atoms with E-state index in [0.717, 1.165) is 12.0 Å². The summed E-state index contributed by atoms with van der Waals surface area (Å²) in [5.41, 5.74) is 1.58. The average molecular weight is 356 g/mol. The lowest BCUT2D eigenvalue weighted by Crippen LogP contribution is -2.33. The molecule has 0 heterocycles. The highest BCUT2D eigenvalue weighted by Gasteiger charge is 2.17. The molecule has 1 amide bonds. The molecule has 6 nitrogen and oxygen atoms in total. The van der Waals surface area contributed by atoms with E-state index in [1.165, 1.54) is 12.1 Å². The van der Waals surface area contributed by atoms with E-state index in [0.29, 0.717) is 17.2 Å². The number of amides is 1. The summed E-state index contributed by atoms with van der Waals surface area (Å²) in [6.45, 7) is 5.72. The van der Waals surface area contributed by atoms with Crippen molar-refractivity contribution >= 4 is 11.6 Å². The topological polar surface area (TPSA) is 81.5 Å². The second-order valence-corrected chi connectivity index (χ2v) is 6.65. The Hall–Kier alpha value is -2.89. The zero-order chi connectivity index (χ0) is 19.1. The molecule has 138 valence electrons. The lowest BCUT2D eigenvalue weighted by Gasteiger charge is -2.21. The van der Waals surface area contributed by atoms with Gasteiger partial charge >= 0.3 is 0 Å². The predicted molar refractivity (Wildman–Crippen MR) is 100 cm³/mol. The summed E-state index contributed by atoms with van der Waals surface area (Å²) in [5.74, 6) is 0.637. The van der Waals surface area contributed by atoms with E-state index in [2.05, 4.69) is 19.2 Å². The Labute approximate surface area is 153 Å². The van der Waals surface area contributed by atoms with Gasteiger partial charge in [0.15, 0.2) is 6.61 Å². The van der Waals surface area contributed by atoms with Gasteiger partial charge in [-0.3, -0.25) is 14.9 Å². The first-order chi connectivity index (χ1) is 12.4. The van der Waals surface area contributed by atoms with Gasteiger partial charge in [0.25, 0.3) is 11.6 Å². The SMILES string of the molecule is Cc1cc(OCC(=O)NC(CC(C)C)c2ccccc2)ccc1[N+](=O)[O-]. The maximum absolute atomic E-state index is 12.3. The van der Waals surface area contributed by atoms with Crippen molar-refractivity contribution in [2.24, 2.45) is 5.92 Å². The van der Waals surface area contributed by atoms with Crippen LogP contribution in [-0.2, 0) is 4.79 Å². The standard InChI is InChI=1S/C20H24N2O4/c1-14(2)11-18(16-7-5-4-6-8-16)21-20(23)13-26-17-9-10-19(22(24)25)15(3)12-17/h4-10,12,14,18H,11,13H2,1-3H3,(H,21,23). The summed E-state index contributed by atoms with van der Waals surface area (Å²) in [7, 11) is 0. The Morgan fingerprint density at radius 2 is 1.88 bits per heavy atom. The molecule has 0 aliphatic carbocycles. The quantitative estimate of drug-likeness (QED) is 0.568. The molecular formula is C20H24N2O4. The van der Waals surface area contributed by atoms with Crippen molar-refractivity contribution in [2.75, 3.05) is 6.61 Å². The Kier molecular flexibility index (Phi) is 6.72. The molecule has 0 aromatic heterocycles. The molecule has 0 bridgehead atoms. The number of nitro groups is 1. The Morgan fingerprint density at radius 1 is 1.19 bits per heavy atom. The van der Waals surface area contributed by atoms with Crippen LogP contribution in [-0.4, -0.2) is 17.4 Å². The number of nitrogens with zero attached hydrogens (tertiary/aromatic N) is 1. The van der Waals surface area contributed by atoms with Gasteiger partial charge in [-0.15, -0.1) is 0 Å². The zero-order valence-electron chi connectivity index (χ0n) is 15.3. The van der Waals surface area contributed by atoms with E-state index in [-0.39, 0.29) is 24.2 Å². The summed E-state index contributed by atoms with van der Waals surface area (Å²) in [5, 5.41) is 13.9. The first-order valence-corrected chi connectivity index (χ1v) is 8.59. The van der Waals surface area contributed by atoms with Crippen LogP contribution in [0.5, 0.6) is 5.75 Å². The fraction of sp³-hybridized carbons (Fsp3) is 0.350. The highest BCUT2D eigenvalue weighted by molar-refractivity contribution is 5.78. The van der Waals surface area contributed by atoms with Crippen molar-refractivity contribution in [1.82, 2.24) is 5.32 Å². The van der Waals surface area contributed by atoms with Gasteiger partial charge in [0.2, 0.25) is 0 Å². The predicted octanol–water partition coefficient (Wildman–Crippen LogP) is 4.19. The van der Waals surface area contributed by atoms with E-state index < -0.39 is 4.92 Å². The van der Waals surface area contributed by atoms with Gasteiger partial charge in [0.05, 0.1) is 11.0 Å². The van der Waals surface area contributed by atoms with Crippen molar-refractivity contribution in [3.8, 4) is 5.75 Å². The monoisotopic (exact) mass is 356 g/mol. The van der Waals surface area contributed by atoms with Crippen LogP contribution < -0.4 is 10.1 Å². The third kappa shape index (κ3) is 5.58. The number of nitro benzene ring substituents is 1. The smallest absolute Gasteiger partial charge is 0.272 e. The van der Waals surface area contributed by atoms with Crippen LogP contribution in [0, 0.1) is 23.0 Å². The molecule has 2 aromatic rings. The van der Waals surface area contributed by atoms with E-state index in [9.17, 15) is 14.9 Å². The number of hydrogen-bond acceptors (Lipinski definition) is 4. The number of carbonyl (C=O) groups is 1. The third-order valence-electron chi connectivity index (χ3n) is 3.98. The number of rotatable bonds is 8. The molecule has 0 saturated heterocycles. The van der Waals surface area contributed by atoms with Gasteiger partial charge in [-0.05, 0) is 37.0 Å². The maximum atomic E-state index is 12.3. The molecule has 1 atom stereocenters. The normalized spacial score (nSPS) is 11.8. The number of benzene rings is 2. The fourth-order valence-corrected chi connectivity index (χ4v) is 2.74. The summed E-state index contributed by atoms with van der Waals surface area (Å²) < 4.78 is 5.49. The summed E-state index contributed by atoms with van der Waals surface area (Å²) in [6.07, 6.45) is 0.826. The molecule has 1 unspecified atom stereocenters. The summed E-state index contributed by atoms with van der Waals surface area (Å²) >= 11 is 0. The number of hydrogen-bond donors (Lipinski definition) is 1. The molecule has 0 fully saturated rings. The van der Waals surface area contributed by atoms with Crippen molar-refractivity contribution in [3.63, 3.8) is 0 Å². The minimum Gasteiger partial charge on any atom is -0.484 e. The molecule has 2 rings (SSSR count). The van der Waals surface area contributed by atoms with Gasteiger partial charge < -0.3 is 10.1 Å². The van der Waals surface area contributed by atoms with Crippen molar-refractivity contribution < 1.29 is 14.5 Å². The molecular weight excluding hydrogens is 332 g/mol. The Morgan fingerprint density at radius 3 is 2.46 bits per heavy atom. The zero-order valence-corrected chi connectivity index (χ0v) is 15.3. The molecule has 1 N–H and O–H groups in total. The van der Waals surface area contributed by atoms with E-state index in [1.54, 1.807) is 13.0 Å². The molecule has 2 aromatic carbocycles. The van der Waals surface area contributed by atoms with Crippen LogP contribution in [0.15, 0.2) is 48.5 Å². The first-order valence-electron chi connectivity index (χ1n) is 8.59. The third-order valence-corrected chi connectivity index (χ3v) is 3.98. The van der Waals surface area contributed by atoms with Crippen LogP contribution in [0.3, 0.4) is 0 Å². The van der Waals surface area contributed by atoms with Gasteiger partial charge in [-0.2, -0.15) is 0 Å². The fourth-order valence-electron chi connectivity index (χ4n) is 2.74. The van der Waals surface area contributed by atoms with Gasteiger partial charge in [-0.25, -0.2) is 0 Å². The second kappa shape index (κ2) is 8.99. The largest absolute Gasteiger partial charge is 0.484 e. The van der Waals surface area contributed by atoms with Crippen molar-refractivity contribution in [1.29, 1.82) is 0 Å². The van der Waals surface area contributed by atoms with E-state index >= 15 is 0 Å². The Balaban J connectivity index is 1.98. The molecule has 6 heteroatoms. The highest BCUT2D eigenvalue weighted by atomic mass is 16.6. The second-order valence-electron chi connectivity index (χ2n) is 6.65. The lowest BCUT2D eigenvalue weighted by molar-refractivity contribution is -0.385. The minimum absolute atomic E-state index is 0.0304. The van der Waals surface area contributed by atoms with Crippen LogP contribution in [0.2, 0.25) is 0 Å². The lowest BCUT2D eigenvalue weighted by atomic mass is 9.97. The minimum atomic E-state index is -0.442. The summed E-state index contributed by atoms with van der Waals surface area (Å²) in [6, 6.07) is 14.2. The molecule has 0 aliphatic heterocycles. The van der Waals surface area contributed by atoms with E-state index in [4.69, 9.17) is 4.74 Å².